The molecule has 0 bridgehead atoms. The van der Waals surface area contributed by atoms with Crippen molar-refractivity contribution in [1.82, 2.24) is 9.55 Å². The van der Waals surface area contributed by atoms with Crippen LogP contribution in [-0.4, -0.2) is 16.7 Å². The molecule has 0 radical (unpaired) electrons. The molecule has 1 aliphatic heterocycles. The Kier molecular flexibility index (Phi) is 4.84. The van der Waals surface area contributed by atoms with E-state index in [0.717, 1.165) is 51.5 Å². The molecule has 30 heavy (non-hydrogen) atoms. The molecule has 0 saturated heterocycles. The smallest absolute Gasteiger partial charge is 0.165 e. The number of imidazole rings is 1. The van der Waals surface area contributed by atoms with Crippen molar-refractivity contribution in [3.05, 3.63) is 75.8 Å². The molecule has 5 rings (SSSR count). The lowest BCUT2D eigenvalue weighted by Crippen LogP contribution is -2.17. The maximum Gasteiger partial charge on any atom is 0.165 e. The zero-order valence-electron chi connectivity index (χ0n) is 16.7. The van der Waals surface area contributed by atoms with Crippen molar-refractivity contribution in [3.63, 3.8) is 0 Å². The molecule has 152 valence electrons. The van der Waals surface area contributed by atoms with Crippen molar-refractivity contribution in [3.8, 4) is 22.9 Å². The van der Waals surface area contributed by atoms with Crippen LogP contribution in [0.15, 0.2) is 54.6 Å². The topological polar surface area (TPSA) is 36.3 Å². The molecule has 0 aliphatic carbocycles. The van der Waals surface area contributed by atoms with Gasteiger partial charge in [0.15, 0.2) is 11.5 Å². The third-order valence-electron chi connectivity index (χ3n) is 5.59. The lowest BCUT2D eigenvalue weighted by molar-refractivity contribution is 0.280. The summed E-state index contributed by atoms with van der Waals surface area (Å²) in [4.78, 5) is 4.89. The largest absolute Gasteiger partial charge is 0.493 e. The third-order valence-corrected chi connectivity index (χ3v) is 6.39. The van der Waals surface area contributed by atoms with E-state index in [2.05, 4.69) is 23.6 Å². The van der Waals surface area contributed by atoms with E-state index in [1.54, 1.807) is 13.2 Å². The average molecular weight is 439 g/mol. The van der Waals surface area contributed by atoms with Gasteiger partial charge in [0.05, 0.1) is 28.2 Å². The number of hydrogen-bond donors (Lipinski definition) is 0. The Balaban J connectivity index is 1.66. The first-order chi connectivity index (χ1) is 14.6. The lowest BCUT2D eigenvalue weighted by atomic mass is 9.94. The fraction of sp³-hybridized carbons (Fsp3) is 0.208. The van der Waals surface area contributed by atoms with Gasteiger partial charge in [0, 0.05) is 17.2 Å². The minimum atomic E-state index is 0.139. The second kappa shape index (κ2) is 7.53. The molecule has 1 aliphatic rings. The predicted molar refractivity (Wildman–Crippen MR) is 121 cm³/mol. The van der Waals surface area contributed by atoms with Gasteiger partial charge in [0.25, 0.3) is 0 Å². The van der Waals surface area contributed by atoms with Crippen molar-refractivity contribution in [2.24, 2.45) is 0 Å². The van der Waals surface area contributed by atoms with Crippen LogP contribution in [0.25, 0.3) is 22.4 Å². The number of benzene rings is 3. The molecule has 4 nitrogen and oxygen atoms in total. The first-order valence-corrected chi connectivity index (χ1v) is 10.6. The second-order valence-corrected chi connectivity index (χ2v) is 8.27. The Morgan fingerprint density at radius 1 is 1.07 bits per heavy atom. The normalized spacial score (nSPS) is 15.0. The van der Waals surface area contributed by atoms with Crippen LogP contribution < -0.4 is 9.47 Å². The van der Waals surface area contributed by atoms with Crippen molar-refractivity contribution in [2.75, 3.05) is 7.11 Å². The number of aromatic nitrogens is 2. The summed E-state index contributed by atoms with van der Waals surface area (Å²) in [5.74, 6) is 2.37. The SMILES string of the molecule is COc1ccc2c(c1OCc1ccccc1)CC(C)n1c-2nc2ccc(Cl)c(Cl)c21. The van der Waals surface area contributed by atoms with Crippen molar-refractivity contribution < 1.29 is 9.47 Å². The lowest BCUT2D eigenvalue weighted by Gasteiger charge is -2.28. The Labute approximate surface area is 185 Å². The van der Waals surface area contributed by atoms with Gasteiger partial charge in [-0.2, -0.15) is 0 Å². The first-order valence-electron chi connectivity index (χ1n) is 9.81. The van der Waals surface area contributed by atoms with Gasteiger partial charge >= 0.3 is 0 Å². The first kappa shape index (κ1) is 19.3. The number of halogens is 2. The molecule has 0 saturated carbocycles. The summed E-state index contributed by atoms with van der Waals surface area (Å²) in [7, 11) is 1.67. The highest BCUT2D eigenvalue weighted by Gasteiger charge is 2.30. The fourth-order valence-electron chi connectivity index (χ4n) is 4.20. The van der Waals surface area contributed by atoms with Crippen molar-refractivity contribution in [1.29, 1.82) is 0 Å². The number of methoxy groups -OCH3 is 1. The highest BCUT2D eigenvalue weighted by atomic mass is 35.5. The van der Waals surface area contributed by atoms with Crippen LogP contribution >= 0.6 is 23.2 Å². The van der Waals surface area contributed by atoms with Gasteiger partial charge in [-0.3, -0.25) is 0 Å². The summed E-state index contributed by atoms with van der Waals surface area (Å²) in [5.41, 5.74) is 4.94. The zero-order chi connectivity index (χ0) is 20.8. The summed E-state index contributed by atoms with van der Waals surface area (Å²) in [6.45, 7) is 2.63. The molecule has 4 aromatic rings. The van der Waals surface area contributed by atoms with E-state index in [4.69, 9.17) is 37.7 Å². The number of rotatable bonds is 4. The standard InChI is InChI=1S/C24H20Cl2N2O2/c1-14-12-17-16(24-27-19-10-9-18(25)21(26)22(19)28(14)24)8-11-20(29-2)23(17)30-13-15-6-4-3-5-7-15/h3-11,14H,12-13H2,1-2H3. The molecule has 1 unspecified atom stereocenters. The van der Waals surface area contributed by atoms with Gasteiger partial charge in [-0.05, 0) is 43.2 Å². The minimum Gasteiger partial charge on any atom is -0.493 e. The molecule has 0 N–H and O–H groups in total. The minimum absolute atomic E-state index is 0.139. The average Bonchev–Trinajstić information content (AvgIpc) is 3.16. The van der Waals surface area contributed by atoms with E-state index in [1.807, 2.05) is 36.4 Å². The molecule has 6 heteroatoms. The van der Waals surface area contributed by atoms with Crippen LogP contribution in [0.1, 0.15) is 24.1 Å². The monoisotopic (exact) mass is 438 g/mol. The maximum absolute atomic E-state index is 6.56. The van der Waals surface area contributed by atoms with Crippen LogP contribution in [-0.2, 0) is 13.0 Å². The van der Waals surface area contributed by atoms with Crippen LogP contribution in [0.5, 0.6) is 11.5 Å². The van der Waals surface area contributed by atoms with Gasteiger partial charge in [0.1, 0.15) is 12.4 Å². The van der Waals surface area contributed by atoms with Crippen LogP contribution in [0.2, 0.25) is 10.0 Å². The summed E-state index contributed by atoms with van der Waals surface area (Å²) in [6.07, 6.45) is 0.776. The Bertz CT molecular complexity index is 1250. The van der Waals surface area contributed by atoms with Gasteiger partial charge in [-0.15, -0.1) is 0 Å². The van der Waals surface area contributed by atoms with Crippen LogP contribution in [0.3, 0.4) is 0 Å². The summed E-state index contributed by atoms with van der Waals surface area (Å²) in [6, 6.07) is 17.9. The molecule has 3 aromatic carbocycles. The highest BCUT2D eigenvalue weighted by molar-refractivity contribution is 6.45. The number of nitrogens with zero attached hydrogens (tertiary/aromatic N) is 2. The molecule has 1 atom stereocenters. The van der Waals surface area contributed by atoms with E-state index in [-0.39, 0.29) is 6.04 Å². The van der Waals surface area contributed by atoms with E-state index in [1.165, 1.54) is 0 Å². The van der Waals surface area contributed by atoms with E-state index in [9.17, 15) is 0 Å². The Hall–Kier alpha value is -2.69. The summed E-state index contributed by atoms with van der Waals surface area (Å²) < 4.78 is 14.1. The summed E-state index contributed by atoms with van der Waals surface area (Å²) in [5, 5.41) is 1.07. The second-order valence-electron chi connectivity index (χ2n) is 7.48. The van der Waals surface area contributed by atoms with Crippen molar-refractivity contribution >= 4 is 34.2 Å². The van der Waals surface area contributed by atoms with Gasteiger partial charge in [-0.1, -0.05) is 53.5 Å². The Morgan fingerprint density at radius 3 is 2.63 bits per heavy atom. The van der Waals surface area contributed by atoms with Crippen molar-refractivity contribution in [2.45, 2.75) is 26.0 Å². The quantitative estimate of drug-likeness (QED) is 0.354. The highest BCUT2D eigenvalue weighted by Crippen LogP contribution is 2.46. The molecule has 0 spiro atoms. The molecule has 0 fully saturated rings. The fourth-order valence-corrected chi connectivity index (χ4v) is 4.60. The molecular weight excluding hydrogens is 419 g/mol. The third kappa shape index (κ3) is 3.03. The predicted octanol–water partition coefficient (Wildman–Crippen LogP) is 6.71. The molecule has 2 heterocycles. The van der Waals surface area contributed by atoms with Gasteiger partial charge in [0.2, 0.25) is 0 Å². The maximum atomic E-state index is 6.56. The number of ether oxygens (including phenoxy) is 2. The van der Waals surface area contributed by atoms with Gasteiger partial charge < -0.3 is 14.0 Å². The van der Waals surface area contributed by atoms with Crippen LogP contribution in [0, 0.1) is 0 Å². The van der Waals surface area contributed by atoms with E-state index >= 15 is 0 Å². The van der Waals surface area contributed by atoms with Gasteiger partial charge in [-0.25, -0.2) is 4.98 Å². The molecular formula is C24H20Cl2N2O2. The summed E-state index contributed by atoms with van der Waals surface area (Å²) >= 11 is 12.8. The Morgan fingerprint density at radius 2 is 1.87 bits per heavy atom. The molecule has 0 amide bonds. The number of fused-ring (bicyclic) bond motifs is 5. The van der Waals surface area contributed by atoms with E-state index in [0.29, 0.717) is 16.7 Å². The number of hydrogen-bond acceptors (Lipinski definition) is 3. The van der Waals surface area contributed by atoms with E-state index < -0.39 is 0 Å². The van der Waals surface area contributed by atoms with Crippen LogP contribution in [0.4, 0.5) is 0 Å². The molecule has 1 aromatic heterocycles. The zero-order valence-corrected chi connectivity index (χ0v) is 18.2.